The lowest BCUT2D eigenvalue weighted by atomic mass is 9.92. The van der Waals surface area contributed by atoms with Crippen molar-refractivity contribution in [1.82, 2.24) is 0 Å². The van der Waals surface area contributed by atoms with E-state index in [1.807, 2.05) is 19.1 Å². The fraction of sp³-hybridized carbons (Fsp3) is 0.269. The van der Waals surface area contributed by atoms with E-state index in [4.69, 9.17) is 4.74 Å². The summed E-state index contributed by atoms with van der Waals surface area (Å²) in [6.45, 7) is 5.60. The van der Waals surface area contributed by atoms with Crippen molar-refractivity contribution >= 4 is 17.3 Å². The zero-order chi connectivity index (χ0) is 22.4. The van der Waals surface area contributed by atoms with Gasteiger partial charge in [-0.25, -0.2) is 13.6 Å². The third-order valence-corrected chi connectivity index (χ3v) is 6.18. The van der Waals surface area contributed by atoms with Crippen molar-refractivity contribution in [2.75, 3.05) is 23.1 Å². The molecule has 3 aromatic carbocycles. The lowest BCUT2D eigenvalue weighted by molar-refractivity contribution is 0.0160. The largest absolute Gasteiger partial charge is 0.456 e. The molecule has 0 unspecified atom stereocenters. The van der Waals surface area contributed by atoms with E-state index in [-0.39, 0.29) is 0 Å². The maximum Gasteiger partial charge on any atom is 0.338 e. The number of aryl methyl sites for hydroxylation is 2. The summed E-state index contributed by atoms with van der Waals surface area (Å²) in [4.78, 5) is 17.3. The van der Waals surface area contributed by atoms with Crippen LogP contribution in [0, 0.1) is 13.8 Å². The second-order valence-corrected chi connectivity index (χ2v) is 8.50. The number of alkyl halides is 2. The molecule has 0 saturated carbocycles. The van der Waals surface area contributed by atoms with Gasteiger partial charge in [0.2, 0.25) is 0 Å². The molecule has 164 valence electrons. The highest BCUT2D eigenvalue weighted by Gasteiger charge is 2.30. The maximum atomic E-state index is 12.6. The van der Waals surface area contributed by atoms with Crippen molar-refractivity contribution in [2.45, 2.75) is 33.4 Å². The number of anilines is 2. The lowest BCUT2D eigenvalue weighted by Gasteiger charge is -2.45. The second-order valence-electron chi connectivity index (χ2n) is 8.50. The fourth-order valence-electron chi connectivity index (χ4n) is 4.80. The molecule has 5 rings (SSSR count). The summed E-state index contributed by atoms with van der Waals surface area (Å²) in [6.07, 6.45) is -2.69. The van der Waals surface area contributed by atoms with Gasteiger partial charge in [-0.2, -0.15) is 0 Å². The molecule has 2 aliphatic heterocycles. The second kappa shape index (κ2) is 7.93. The van der Waals surface area contributed by atoms with E-state index in [1.165, 1.54) is 28.1 Å². The lowest BCUT2D eigenvalue weighted by Crippen LogP contribution is -2.46. The minimum absolute atomic E-state index is 0.308. The topological polar surface area (TPSA) is 32.8 Å². The van der Waals surface area contributed by atoms with Crippen molar-refractivity contribution in [3.05, 3.63) is 82.4 Å². The van der Waals surface area contributed by atoms with E-state index in [9.17, 15) is 13.6 Å². The predicted molar refractivity (Wildman–Crippen MR) is 121 cm³/mol. The Morgan fingerprint density at radius 2 is 1.66 bits per heavy atom. The van der Waals surface area contributed by atoms with Crippen LogP contribution in [0.5, 0.6) is 0 Å². The first kappa shape index (κ1) is 20.5. The Hall–Kier alpha value is -3.41. The van der Waals surface area contributed by atoms with Crippen molar-refractivity contribution in [1.29, 1.82) is 0 Å². The number of rotatable bonds is 4. The Morgan fingerprint density at radius 3 is 2.38 bits per heavy atom. The number of benzene rings is 3. The summed E-state index contributed by atoms with van der Waals surface area (Å²) in [7, 11) is 0. The Balaban J connectivity index is 1.52. The third kappa shape index (κ3) is 3.60. The molecule has 0 fully saturated rings. The average Bonchev–Trinajstić information content (AvgIpc) is 2.76. The molecule has 0 aliphatic carbocycles. The molecular weight excluding hydrogens is 410 g/mol. The number of esters is 1. The molecule has 3 aromatic rings. The molecule has 2 bridgehead atoms. The number of ether oxygens (including phenoxy) is 1. The van der Waals surface area contributed by atoms with Gasteiger partial charge in [0.15, 0.2) is 6.61 Å². The van der Waals surface area contributed by atoms with Gasteiger partial charge in [-0.05, 0) is 65.9 Å². The molecule has 0 N–H and O–H groups in total. The molecule has 0 saturated heterocycles. The quantitative estimate of drug-likeness (QED) is 0.494. The normalized spacial score (nSPS) is 14.3. The van der Waals surface area contributed by atoms with Gasteiger partial charge in [-0.1, -0.05) is 35.9 Å². The molecule has 0 spiro atoms. The number of hydrogen-bond acceptors (Lipinski definition) is 4. The minimum Gasteiger partial charge on any atom is -0.456 e. The Labute approximate surface area is 186 Å². The SMILES string of the molecule is Cc1ccc2c(c1)CN1CN2Cc2cc(-c3c(C)cccc3C(=O)OCC(F)F)ccc21. The van der Waals surface area contributed by atoms with E-state index >= 15 is 0 Å². The number of halogens is 2. The summed E-state index contributed by atoms with van der Waals surface area (Å²) in [5.41, 5.74) is 9.03. The molecule has 32 heavy (non-hydrogen) atoms. The number of fused-ring (bicyclic) bond motifs is 6. The monoisotopic (exact) mass is 434 g/mol. The van der Waals surface area contributed by atoms with Crippen LogP contribution in [0.4, 0.5) is 20.2 Å². The van der Waals surface area contributed by atoms with E-state index in [0.29, 0.717) is 5.56 Å². The van der Waals surface area contributed by atoms with E-state index in [0.717, 1.165) is 36.4 Å². The van der Waals surface area contributed by atoms with Gasteiger partial charge in [-0.3, -0.25) is 0 Å². The standard InChI is InChI=1S/C26H24F2N2O2/c1-16-6-8-22-19(10-16)12-29-15-30(22)13-20-11-18(7-9-23(20)29)25-17(2)4-3-5-21(25)26(31)32-14-24(27)28/h3-11,24H,12-15H2,1-2H3. The van der Waals surface area contributed by atoms with Crippen LogP contribution in [-0.2, 0) is 17.8 Å². The average molecular weight is 434 g/mol. The zero-order valence-corrected chi connectivity index (χ0v) is 18.1. The van der Waals surface area contributed by atoms with Crippen LogP contribution in [0.2, 0.25) is 0 Å². The summed E-state index contributed by atoms with van der Waals surface area (Å²) in [5, 5.41) is 0. The van der Waals surface area contributed by atoms with Crippen molar-refractivity contribution in [3.63, 3.8) is 0 Å². The number of carbonyl (C=O) groups is 1. The first-order valence-electron chi connectivity index (χ1n) is 10.7. The predicted octanol–water partition coefficient (Wildman–Crippen LogP) is 5.69. The fourth-order valence-corrected chi connectivity index (χ4v) is 4.80. The minimum atomic E-state index is -2.69. The highest BCUT2D eigenvalue weighted by atomic mass is 19.3. The molecule has 2 heterocycles. The third-order valence-electron chi connectivity index (χ3n) is 6.18. The van der Waals surface area contributed by atoms with E-state index in [2.05, 4.69) is 47.1 Å². The van der Waals surface area contributed by atoms with Gasteiger partial charge in [0.1, 0.15) is 0 Å². The van der Waals surface area contributed by atoms with Crippen molar-refractivity contribution in [3.8, 4) is 11.1 Å². The summed E-state index contributed by atoms with van der Waals surface area (Å²) >= 11 is 0. The number of carbonyl (C=O) groups excluding carboxylic acids is 1. The van der Waals surface area contributed by atoms with Crippen LogP contribution >= 0.6 is 0 Å². The summed E-state index contributed by atoms with van der Waals surface area (Å²) in [5.74, 6) is -0.726. The van der Waals surface area contributed by atoms with E-state index in [1.54, 1.807) is 12.1 Å². The van der Waals surface area contributed by atoms with Gasteiger partial charge >= 0.3 is 5.97 Å². The highest BCUT2D eigenvalue weighted by Crippen LogP contribution is 2.40. The van der Waals surface area contributed by atoms with Crippen molar-refractivity contribution < 1.29 is 18.3 Å². The highest BCUT2D eigenvalue weighted by molar-refractivity contribution is 5.98. The summed E-state index contributed by atoms with van der Waals surface area (Å²) < 4.78 is 29.9. The first-order chi connectivity index (χ1) is 15.4. The van der Waals surface area contributed by atoms with Gasteiger partial charge in [-0.15, -0.1) is 0 Å². The molecule has 4 nitrogen and oxygen atoms in total. The van der Waals surface area contributed by atoms with Gasteiger partial charge in [0.05, 0.1) is 12.2 Å². The van der Waals surface area contributed by atoms with Gasteiger partial charge in [0, 0.05) is 24.5 Å². The smallest absolute Gasteiger partial charge is 0.338 e. The van der Waals surface area contributed by atoms with Crippen LogP contribution in [0.25, 0.3) is 11.1 Å². The van der Waals surface area contributed by atoms with Crippen LogP contribution in [0.15, 0.2) is 54.6 Å². The van der Waals surface area contributed by atoms with Crippen LogP contribution < -0.4 is 9.80 Å². The Morgan fingerprint density at radius 1 is 0.969 bits per heavy atom. The molecular formula is C26H24F2N2O2. The first-order valence-corrected chi connectivity index (χ1v) is 10.7. The Kier molecular flexibility index (Phi) is 5.08. The van der Waals surface area contributed by atoms with Crippen LogP contribution in [-0.4, -0.2) is 25.7 Å². The summed E-state index contributed by atoms with van der Waals surface area (Å²) in [6, 6.07) is 18.1. The number of nitrogens with zero attached hydrogens (tertiary/aromatic N) is 2. The molecule has 0 amide bonds. The molecule has 2 aliphatic rings. The Bertz CT molecular complexity index is 1210. The maximum absolute atomic E-state index is 12.6. The van der Waals surface area contributed by atoms with Crippen molar-refractivity contribution in [2.24, 2.45) is 0 Å². The number of hydrogen-bond donors (Lipinski definition) is 0. The zero-order valence-electron chi connectivity index (χ0n) is 18.1. The van der Waals surface area contributed by atoms with Gasteiger partial charge in [0.25, 0.3) is 6.43 Å². The molecule has 0 atom stereocenters. The molecule has 6 heteroatoms. The van der Waals surface area contributed by atoms with E-state index < -0.39 is 19.0 Å². The van der Waals surface area contributed by atoms with Gasteiger partial charge < -0.3 is 14.5 Å². The molecule has 0 radical (unpaired) electrons. The van der Waals surface area contributed by atoms with Crippen LogP contribution in [0.1, 0.15) is 32.6 Å². The van der Waals surface area contributed by atoms with Crippen LogP contribution in [0.3, 0.4) is 0 Å². The molecule has 0 aromatic heterocycles.